The summed E-state index contributed by atoms with van der Waals surface area (Å²) in [5.41, 5.74) is 4.58. The zero-order valence-electron chi connectivity index (χ0n) is 17.8. The number of halogens is 4. The predicted octanol–water partition coefficient (Wildman–Crippen LogP) is 7.14. The molecule has 4 aromatic carbocycles. The molecule has 5 rings (SSSR count). The highest BCUT2D eigenvalue weighted by molar-refractivity contribution is 6.29. The lowest BCUT2D eigenvalue weighted by Gasteiger charge is -2.15. The molecule has 34 heavy (non-hydrogen) atoms. The quantitative estimate of drug-likeness (QED) is 0.322. The Morgan fingerprint density at radius 2 is 0.618 bits per heavy atom. The van der Waals surface area contributed by atoms with E-state index in [2.05, 4.69) is 0 Å². The highest BCUT2D eigenvalue weighted by Crippen LogP contribution is 2.51. The summed E-state index contributed by atoms with van der Waals surface area (Å²) in [6.07, 6.45) is -1.16. The molecular formula is C29H18F4O. The lowest BCUT2D eigenvalue weighted by molar-refractivity contribution is 0.291. The third-order valence-electron chi connectivity index (χ3n) is 5.91. The first kappa shape index (κ1) is 21.9. The summed E-state index contributed by atoms with van der Waals surface area (Å²) in [7, 11) is 0. The van der Waals surface area contributed by atoms with Crippen molar-refractivity contribution in [3.63, 3.8) is 0 Å². The van der Waals surface area contributed by atoms with Gasteiger partial charge in [-0.15, -0.1) is 0 Å². The van der Waals surface area contributed by atoms with E-state index in [4.69, 9.17) is 0 Å². The number of aliphatic hydroxyl groups is 1. The molecule has 0 saturated carbocycles. The maximum atomic E-state index is 13.8. The van der Waals surface area contributed by atoms with Crippen LogP contribution >= 0.6 is 0 Å². The minimum atomic E-state index is -1.16. The first-order valence-electron chi connectivity index (χ1n) is 10.6. The van der Waals surface area contributed by atoms with Crippen molar-refractivity contribution in [2.45, 2.75) is 6.10 Å². The lowest BCUT2D eigenvalue weighted by Crippen LogP contribution is -2.09. The van der Waals surface area contributed by atoms with Gasteiger partial charge in [0.05, 0.1) is 0 Å². The number of allylic oxidation sites excluding steroid dienone is 2. The van der Waals surface area contributed by atoms with E-state index in [-0.39, 0.29) is 0 Å². The van der Waals surface area contributed by atoms with Crippen LogP contribution < -0.4 is 0 Å². The van der Waals surface area contributed by atoms with Gasteiger partial charge in [0.25, 0.3) is 0 Å². The normalized spacial score (nSPS) is 14.3. The summed E-state index contributed by atoms with van der Waals surface area (Å²) in [6, 6.07) is 23.1. The molecule has 5 heteroatoms. The molecule has 1 aliphatic carbocycles. The van der Waals surface area contributed by atoms with Gasteiger partial charge >= 0.3 is 0 Å². The molecule has 0 heterocycles. The van der Waals surface area contributed by atoms with Crippen LogP contribution in [-0.4, -0.2) is 11.2 Å². The number of hydrogen-bond donors (Lipinski definition) is 1. The predicted molar refractivity (Wildman–Crippen MR) is 125 cm³/mol. The first-order valence-corrected chi connectivity index (χ1v) is 10.6. The van der Waals surface area contributed by atoms with Crippen LogP contribution in [0.25, 0.3) is 22.3 Å². The SMILES string of the molecule is OC1C(c2ccc(F)cc2)=C(c2ccc(F)cc2)C(c2ccc(F)cc2)=C1c1ccc(F)cc1. The van der Waals surface area contributed by atoms with Gasteiger partial charge in [-0.05, 0) is 81.9 Å². The van der Waals surface area contributed by atoms with Crippen molar-refractivity contribution in [2.75, 3.05) is 0 Å². The Labute approximate surface area is 193 Å². The van der Waals surface area contributed by atoms with Crippen molar-refractivity contribution < 1.29 is 22.7 Å². The molecule has 0 saturated heterocycles. The minimum Gasteiger partial charge on any atom is -0.384 e. The van der Waals surface area contributed by atoms with Crippen LogP contribution in [-0.2, 0) is 0 Å². The Kier molecular flexibility index (Phi) is 5.64. The Hall–Kier alpha value is -3.96. The average Bonchev–Trinajstić information content (AvgIpc) is 3.14. The smallest absolute Gasteiger partial charge is 0.123 e. The molecule has 0 bridgehead atoms. The summed E-state index contributed by atoms with van der Waals surface area (Å²) < 4.78 is 54.9. The number of rotatable bonds is 4. The second-order valence-electron chi connectivity index (χ2n) is 8.01. The van der Waals surface area contributed by atoms with Gasteiger partial charge in [0.15, 0.2) is 0 Å². The zero-order valence-corrected chi connectivity index (χ0v) is 17.8. The van der Waals surface area contributed by atoms with Gasteiger partial charge in [-0.1, -0.05) is 48.5 Å². The number of hydrogen-bond acceptors (Lipinski definition) is 1. The molecule has 0 radical (unpaired) electrons. The highest BCUT2D eigenvalue weighted by Gasteiger charge is 2.35. The molecule has 0 spiro atoms. The molecule has 0 aromatic heterocycles. The van der Waals surface area contributed by atoms with Gasteiger partial charge < -0.3 is 5.11 Å². The van der Waals surface area contributed by atoms with Gasteiger partial charge in [-0.3, -0.25) is 0 Å². The lowest BCUT2D eigenvalue weighted by atomic mass is 9.89. The average molecular weight is 458 g/mol. The van der Waals surface area contributed by atoms with E-state index in [9.17, 15) is 22.7 Å². The Morgan fingerprint density at radius 3 is 0.882 bits per heavy atom. The molecular weight excluding hydrogens is 440 g/mol. The summed E-state index contributed by atoms with van der Waals surface area (Å²) in [6.45, 7) is 0. The van der Waals surface area contributed by atoms with Crippen molar-refractivity contribution in [3.8, 4) is 0 Å². The van der Waals surface area contributed by atoms with Gasteiger partial charge in [-0.2, -0.15) is 0 Å². The molecule has 0 fully saturated rings. The van der Waals surface area contributed by atoms with Crippen LogP contribution in [0.5, 0.6) is 0 Å². The molecule has 168 valence electrons. The van der Waals surface area contributed by atoms with Gasteiger partial charge in [0, 0.05) is 11.1 Å². The van der Waals surface area contributed by atoms with Gasteiger partial charge in [0.1, 0.15) is 29.4 Å². The van der Waals surface area contributed by atoms with Gasteiger partial charge in [0.2, 0.25) is 0 Å². The van der Waals surface area contributed by atoms with E-state index >= 15 is 0 Å². The zero-order chi connectivity index (χ0) is 23.8. The Balaban J connectivity index is 1.85. The van der Waals surface area contributed by atoms with E-state index in [1.54, 1.807) is 48.5 Å². The van der Waals surface area contributed by atoms with Crippen LogP contribution in [0.15, 0.2) is 97.1 Å². The molecule has 0 unspecified atom stereocenters. The summed E-state index contributed by atoms with van der Waals surface area (Å²) in [4.78, 5) is 0. The van der Waals surface area contributed by atoms with Crippen LogP contribution in [0, 0.1) is 23.3 Å². The molecule has 0 aliphatic heterocycles. The van der Waals surface area contributed by atoms with E-state index in [1.807, 2.05) is 0 Å². The van der Waals surface area contributed by atoms with E-state index in [0.29, 0.717) is 44.5 Å². The number of aliphatic hydroxyl groups excluding tert-OH is 1. The van der Waals surface area contributed by atoms with E-state index < -0.39 is 29.4 Å². The second-order valence-corrected chi connectivity index (χ2v) is 8.01. The molecule has 0 atom stereocenters. The van der Waals surface area contributed by atoms with E-state index in [1.165, 1.54) is 48.5 Å². The van der Waals surface area contributed by atoms with Crippen molar-refractivity contribution in [2.24, 2.45) is 0 Å². The fraction of sp³-hybridized carbons (Fsp3) is 0.0345. The Bertz CT molecular complexity index is 1290. The van der Waals surface area contributed by atoms with Crippen LogP contribution in [0.4, 0.5) is 17.6 Å². The molecule has 4 aromatic rings. The monoisotopic (exact) mass is 458 g/mol. The Morgan fingerprint density at radius 1 is 0.382 bits per heavy atom. The maximum absolute atomic E-state index is 13.8. The standard InChI is InChI=1S/C29H18F4O/c30-21-9-1-17(2-10-21)25-26(18-3-11-22(31)12-4-18)28(20-7-15-24(33)16-8-20)29(34)27(25)19-5-13-23(32)14-6-19/h1-16,29,34H. The maximum Gasteiger partial charge on any atom is 0.123 e. The minimum absolute atomic E-state index is 0.419. The first-order chi connectivity index (χ1) is 16.4. The summed E-state index contributed by atoms with van der Waals surface area (Å²) in [5, 5.41) is 11.6. The van der Waals surface area contributed by atoms with Crippen LogP contribution in [0.3, 0.4) is 0 Å². The van der Waals surface area contributed by atoms with Crippen molar-refractivity contribution in [1.82, 2.24) is 0 Å². The molecule has 1 nitrogen and oxygen atoms in total. The van der Waals surface area contributed by atoms with E-state index in [0.717, 1.165) is 0 Å². The fourth-order valence-corrected chi connectivity index (χ4v) is 4.38. The third-order valence-corrected chi connectivity index (χ3v) is 5.91. The second kappa shape index (κ2) is 8.76. The van der Waals surface area contributed by atoms with Crippen molar-refractivity contribution in [1.29, 1.82) is 0 Å². The van der Waals surface area contributed by atoms with Crippen LogP contribution in [0.2, 0.25) is 0 Å². The molecule has 1 N–H and O–H groups in total. The largest absolute Gasteiger partial charge is 0.384 e. The third kappa shape index (κ3) is 3.95. The van der Waals surface area contributed by atoms with Gasteiger partial charge in [-0.25, -0.2) is 17.6 Å². The highest BCUT2D eigenvalue weighted by atomic mass is 19.1. The van der Waals surface area contributed by atoms with Crippen molar-refractivity contribution in [3.05, 3.63) is 143 Å². The summed E-state index contributed by atoms with van der Waals surface area (Å²) in [5.74, 6) is -1.69. The molecule has 0 amide bonds. The van der Waals surface area contributed by atoms with Crippen LogP contribution in [0.1, 0.15) is 22.3 Å². The topological polar surface area (TPSA) is 20.2 Å². The molecule has 1 aliphatic rings. The fourth-order valence-electron chi connectivity index (χ4n) is 4.38. The van der Waals surface area contributed by atoms with Crippen molar-refractivity contribution >= 4 is 22.3 Å². The summed E-state index contributed by atoms with van der Waals surface area (Å²) >= 11 is 0. The number of benzene rings is 4.